The summed E-state index contributed by atoms with van der Waals surface area (Å²) in [5, 5.41) is 12.3. The predicted molar refractivity (Wildman–Crippen MR) is 77.7 cm³/mol. The molecule has 1 aliphatic heterocycles. The van der Waals surface area contributed by atoms with E-state index in [4.69, 9.17) is 9.47 Å². The predicted octanol–water partition coefficient (Wildman–Crippen LogP) is 2.53. The highest BCUT2D eigenvalue weighted by Crippen LogP contribution is 2.32. The zero-order valence-corrected chi connectivity index (χ0v) is 11.6. The third-order valence-electron chi connectivity index (χ3n) is 3.44. The first-order valence-electron chi connectivity index (χ1n) is 6.37. The Morgan fingerprint density at radius 1 is 1.00 bits per heavy atom. The van der Waals surface area contributed by atoms with Crippen LogP contribution in [0.2, 0.25) is 0 Å². The molecule has 5 nitrogen and oxygen atoms in total. The fourth-order valence-corrected chi connectivity index (χ4v) is 2.41. The van der Waals surface area contributed by atoms with Crippen LogP contribution in [-0.2, 0) is 0 Å². The first-order valence-corrected chi connectivity index (χ1v) is 6.37. The number of rotatable bonds is 3. The van der Waals surface area contributed by atoms with Gasteiger partial charge in [-0.1, -0.05) is 12.1 Å². The van der Waals surface area contributed by atoms with Crippen LogP contribution in [0.4, 0.5) is 5.69 Å². The Kier molecular flexibility index (Phi) is 3.10. The average molecular weight is 283 g/mol. The highest BCUT2D eigenvalue weighted by Gasteiger charge is 2.36. The van der Waals surface area contributed by atoms with Crippen molar-refractivity contribution in [2.45, 2.75) is 0 Å². The fourth-order valence-electron chi connectivity index (χ4n) is 2.41. The van der Waals surface area contributed by atoms with E-state index in [0.29, 0.717) is 33.1 Å². The summed E-state index contributed by atoms with van der Waals surface area (Å²) < 4.78 is 11.0. The summed E-state index contributed by atoms with van der Waals surface area (Å²) in [6.07, 6.45) is 0. The van der Waals surface area contributed by atoms with Crippen LogP contribution in [0.1, 0.15) is 15.9 Å². The van der Waals surface area contributed by atoms with Crippen LogP contribution in [0.3, 0.4) is 0 Å². The summed E-state index contributed by atoms with van der Waals surface area (Å²) in [5.74, 6) is 0.731. The zero-order chi connectivity index (χ0) is 15.0. The highest BCUT2D eigenvalue weighted by atomic mass is 16.5. The molecule has 21 heavy (non-hydrogen) atoms. The molecule has 1 heterocycles. The lowest BCUT2D eigenvalue weighted by molar-refractivity contribution is -0.355. The van der Waals surface area contributed by atoms with Crippen molar-refractivity contribution in [3.8, 4) is 11.5 Å². The Labute approximate surface area is 121 Å². The molecule has 0 amide bonds. The molecule has 2 aromatic rings. The number of carbonyl (C=O) groups excluding carboxylic acids is 1. The molecule has 0 atom stereocenters. The normalized spacial score (nSPS) is 13.3. The van der Waals surface area contributed by atoms with Gasteiger partial charge in [-0.15, -0.1) is 0 Å². The Morgan fingerprint density at radius 2 is 1.71 bits per heavy atom. The molecule has 5 heteroatoms. The number of hydrogen-bond acceptors (Lipinski definition) is 4. The number of para-hydroxylation sites is 1. The van der Waals surface area contributed by atoms with Crippen LogP contribution < -0.4 is 9.47 Å². The van der Waals surface area contributed by atoms with Crippen molar-refractivity contribution in [3.63, 3.8) is 0 Å². The Morgan fingerprint density at radius 3 is 2.38 bits per heavy atom. The topological polar surface area (TPSA) is 61.6 Å². The van der Waals surface area contributed by atoms with Gasteiger partial charge in [0.15, 0.2) is 11.5 Å². The lowest BCUT2D eigenvalue weighted by Crippen LogP contribution is -2.16. The van der Waals surface area contributed by atoms with Gasteiger partial charge in [0, 0.05) is 6.07 Å². The second kappa shape index (κ2) is 4.94. The van der Waals surface area contributed by atoms with Gasteiger partial charge < -0.3 is 14.7 Å². The maximum atomic E-state index is 12.4. The molecule has 0 unspecified atom stereocenters. The first kappa shape index (κ1) is 13.2. The molecule has 0 aliphatic carbocycles. The molecule has 0 aromatic heterocycles. The Balaban J connectivity index is 2.14. The highest BCUT2D eigenvalue weighted by molar-refractivity contribution is 6.52. The van der Waals surface area contributed by atoms with Crippen LogP contribution in [0.5, 0.6) is 11.5 Å². The summed E-state index contributed by atoms with van der Waals surface area (Å²) >= 11 is 0. The first-order chi connectivity index (χ1) is 10.2. The number of fused-ring (bicyclic) bond motifs is 1. The molecule has 0 N–H and O–H groups in total. The largest absolute Gasteiger partial charge is 0.618 e. The lowest BCUT2D eigenvalue weighted by Gasteiger charge is -2.08. The minimum atomic E-state index is -0.284. The lowest BCUT2D eigenvalue weighted by atomic mass is 10.0. The van der Waals surface area contributed by atoms with Gasteiger partial charge in [-0.05, 0) is 24.3 Å². The van der Waals surface area contributed by atoms with Crippen LogP contribution in [-0.4, -0.2) is 30.5 Å². The summed E-state index contributed by atoms with van der Waals surface area (Å²) in [7, 11) is 3.04. The number of benzene rings is 2. The van der Waals surface area contributed by atoms with Crippen molar-refractivity contribution < 1.29 is 19.0 Å². The summed E-state index contributed by atoms with van der Waals surface area (Å²) in [5.41, 5.74) is 1.38. The van der Waals surface area contributed by atoms with E-state index in [1.807, 2.05) is 0 Å². The van der Waals surface area contributed by atoms with Gasteiger partial charge in [-0.2, -0.15) is 4.74 Å². The van der Waals surface area contributed by atoms with E-state index < -0.39 is 0 Å². The molecular weight excluding hydrogens is 270 g/mol. The monoisotopic (exact) mass is 283 g/mol. The molecule has 0 bridgehead atoms. The van der Waals surface area contributed by atoms with Crippen LogP contribution in [0, 0.1) is 5.21 Å². The summed E-state index contributed by atoms with van der Waals surface area (Å²) in [4.78, 5) is 12.4. The van der Waals surface area contributed by atoms with Crippen molar-refractivity contribution in [3.05, 3.63) is 58.8 Å². The minimum Gasteiger partial charge on any atom is -0.618 e. The van der Waals surface area contributed by atoms with Gasteiger partial charge in [-0.25, -0.2) is 0 Å². The van der Waals surface area contributed by atoms with E-state index >= 15 is 0 Å². The standard InChI is InChI=1S/C16H13NO4/c1-20-13-8-7-10(9-14(13)21-2)15-16(18)11-5-3-4-6-12(11)17(15)19/h3-9H,1-2H3. The number of carbonyl (C=O) groups is 1. The van der Waals surface area contributed by atoms with Crippen molar-refractivity contribution in [2.75, 3.05) is 14.2 Å². The number of nitrogens with zero attached hydrogens (tertiary/aromatic N) is 1. The maximum Gasteiger partial charge on any atom is 0.273 e. The van der Waals surface area contributed by atoms with Crippen molar-refractivity contribution in [1.29, 1.82) is 0 Å². The zero-order valence-electron chi connectivity index (χ0n) is 11.6. The van der Waals surface area contributed by atoms with E-state index in [2.05, 4.69) is 0 Å². The van der Waals surface area contributed by atoms with E-state index in [0.717, 1.165) is 0 Å². The third kappa shape index (κ3) is 1.94. The van der Waals surface area contributed by atoms with E-state index in [1.165, 1.54) is 14.2 Å². The summed E-state index contributed by atoms with van der Waals surface area (Å²) in [6.45, 7) is 0. The maximum absolute atomic E-state index is 12.4. The molecule has 2 aromatic carbocycles. The second-order valence-electron chi connectivity index (χ2n) is 4.56. The molecule has 0 spiro atoms. The Hall–Kier alpha value is -2.82. The number of methoxy groups -OCH3 is 2. The third-order valence-corrected chi connectivity index (χ3v) is 3.44. The molecule has 3 rings (SSSR count). The molecule has 0 saturated heterocycles. The molecule has 0 fully saturated rings. The van der Waals surface area contributed by atoms with Gasteiger partial charge in [0.25, 0.3) is 11.5 Å². The SMILES string of the molecule is COc1ccc(C2=[N+]([O-])c3ccccc3C2=O)cc1OC. The average Bonchev–Trinajstić information content (AvgIpc) is 2.78. The molecule has 106 valence electrons. The van der Waals surface area contributed by atoms with Crippen LogP contribution in [0.15, 0.2) is 42.5 Å². The fraction of sp³-hybridized carbons (Fsp3) is 0.125. The number of Topliss-reactive ketones (excluding diaryl/α,β-unsaturated/α-hetero) is 1. The summed E-state index contributed by atoms with van der Waals surface area (Å²) in [6, 6.07) is 11.7. The smallest absolute Gasteiger partial charge is 0.273 e. The van der Waals surface area contributed by atoms with Gasteiger partial charge >= 0.3 is 0 Å². The molecular formula is C16H13NO4. The van der Waals surface area contributed by atoms with Crippen LogP contribution >= 0.6 is 0 Å². The van der Waals surface area contributed by atoms with E-state index in [-0.39, 0.29) is 11.5 Å². The van der Waals surface area contributed by atoms with E-state index in [9.17, 15) is 10.0 Å². The van der Waals surface area contributed by atoms with Gasteiger partial charge in [0.05, 0.1) is 19.8 Å². The van der Waals surface area contributed by atoms with Gasteiger partial charge in [-0.3, -0.25) is 4.79 Å². The Bertz CT molecular complexity index is 765. The molecule has 0 saturated carbocycles. The number of ether oxygens (including phenoxy) is 2. The van der Waals surface area contributed by atoms with Gasteiger partial charge in [0.2, 0.25) is 5.69 Å². The quantitative estimate of drug-likeness (QED) is 0.641. The molecule has 1 aliphatic rings. The van der Waals surface area contributed by atoms with Gasteiger partial charge in [0.1, 0.15) is 5.56 Å². The second-order valence-corrected chi connectivity index (χ2v) is 4.56. The van der Waals surface area contributed by atoms with Crippen molar-refractivity contribution in [2.24, 2.45) is 0 Å². The van der Waals surface area contributed by atoms with Crippen LogP contribution in [0.25, 0.3) is 0 Å². The number of ketones is 1. The van der Waals surface area contributed by atoms with Crippen molar-refractivity contribution >= 4 is 17.2 Å². The number of hydrogen-bond donors (Lipinski definition) is 0. The molecule has 0 radical (unpaired) electrons. The van der Waals surface area contributed by atoms with E-state index in [1.54, 1.807) is 42.5 Å². The van der Waals surface area contributed by atoms with Crippen molar-refractivity contribution in [1.82, 2.24) is 0 Å². The minimum absolute atomic E-state index is 0.0946.